The topological polar surface area (TPSA) is 29.5 Å². The van der Waals surface area contributed by atoms with Crippen molar-refractivity contribution < 1.29 is 9.53 Å². The molecule has 0 aromatic rings. The molecular weight excluding hydrogens is 154 g/mol. The fourth-order valence-corrected chi connectivity index (χ4v) is 1.92. The average Bonchev–Trinajstić information content (AvgIpc) is 2.45. The van der Waals surface area contributed by atoms with Gasteiger partial charge in [-0.3, -0.25) is 4.79 Å². The van der Waals surface area contributed by atoms with Gasteiger partial charge in [0.05, 0.1) is 13.0 Å². The van der Waals surface area contributed by atoms with Crippen LogP contribution in [0.5, 0.6) is 0 Å². The van der Waals surface area contributed by atoms with Gasteiger partial charge >= 0.3 is 5.97 Å². The van der Waals surface area contributed by atoms with Crippen LogP contribution in [0.25, 0.3) is 0 Å². The monoisotopic (exact) mass is 171 g/mol. The molecule has 0 radical (unpaired) electrons. The molecule has 12 heavy (non-hydrogen) atoms. The summed E-state index contributed by atoms with van der Waals surface area (Å²) in [6.45, 7) is 6.26. The van der Waals surface area contributed by atoms with E-state index in [0.717, 1.165) is 19.5 Å². The van der Waals surface area contributed by atoms with Crippen molar-refractivity contribution in [3.8, 4) is 0 Å². The van der Waals surface area contributed by atoms with Crippen molar-refractivity contribution in [3.05, 3.63) is 0 Å². The Balaban J connectivity index is 2.54. The van der Waals surface area contributed by atoms with E-state index in [2.05, 4.69) is 18.7 Å². The first-order valence-corrected chi connectivity index (χ1v) is 4.52. The van der Waals surface area contributed by atoms with Crippen molar-refractivity contribution in [2.45, 2.75) is 26.3 Å². The third-order valence-corrected chi connectivity index (χ3v) is 2.80. The van der Waals surface area contributed by atoms with Crippen molar-refractivity contribution in [1.29, 1.82) is 0 Å². The van der Waals surface area contributed by atoms with Gasteiger partial charge in [0.2, 0.25) is 0 Å². The molecule has 1 heterocycles. The van der Waals surface area contributed by atoms with Gasteiger partial charge in [-0.1, -0.05) is 6.92 Å². The van der Waals surface area contributed by atoms with E-state index in [9.17, 15) is 4.79 Å². The van der Waals surface area contributed by atoms with Crippen LogP contribution in [0.1, 0.15) is 20.3 Å². The maximum Gasteiger partial charge on any atom is 0.310 e. The molecule has 0 N–H and O–H groups in total. The van der Waals surface area contributed by atoms with Crippen LogP contribution in [0.3, 0.4) is 0 Å². The standard InChI is InChI=1S/C9H17NO2/c1-4-10-6-5-8(7(10)2)9(11)12-3/h7-8H,4-6H2,1-3H3. The molecule has 0 amide bonds. The molecule has 0 aromatic heterocycles. The van der Waals surface area contributed by atoms with E-state index in [4.69, 9.17) is 4.74 Å². The third kappa shape index (κ3) is 1.61. The van der Waals surface area contributed by atoms with Crippen molar-refractivity contribution in [2.24, 2.45) is 5.92 Å². The fourth-order valence-electron chi connectivity index (χ4n) is 1.92. The number of hydrogen-bond donors (Lipinski definition) is 0. The molecule has 3 heteroatoms. The van der Waals surface area contributed by atoms with E-state index < -0.39 is 0 Å². The molecule has 2 atom stereocenters. The van der Waals surface area contributed by atoms with E-state index in [-0.39, 0.29) is 11.9 Å². The predicted molar refractivity (Wildman–Crippen MR) is 46.8 cm³/mol. The summed E-state index contributed by atoms with van der Waals surface area (Å²) in [6.07, 6.45) is 0.946. The maximum absolute atomic E-state index is 11.2. The molecule has 1 aliphatic heterocycles. The lowest BCUT2D eigenvalue weighted by molar-refractivity contribution is -0.146. The quantitative estimate of drug-likeness (QED) is 0.578. The summed E-state index contributed by atoms with van der Waals surface area (Å²) in [6, 6.07) is 0.349. The van der Waals surface area contributed by atoms with Crippen LogP contribution < -0.4 is 0 Å². The summed E-state index contributed by atoms with van der Waals surface area (Å²) in [7, 11) is 1.46. The molecule has 0 bridgehead atoms. The van der Waals surface area contributed by atoms with Crippen LogP contribution in [0, 0.1) is 5.92 Å². The Bertz CT molecular complexity index is 170. The molecule has 1 saturated heterocycles. The number of methoxy groups -OCH3 is 1. The smallest absolute Gasteiger partial charge is 0.310 e. The summed E-state index contributed by atoms with van der Waals surface area (Å²) >= 11 is 0. The van der Waals surface area contributed by atoms with Gasteiger partial charge in [-0.25, -0.2) is 0 Å². The van der Waals surface area contributed by atoms with E-state index in [1.165, 1.54) is 7.11 Å². The number of esters is 1. The number of carbonyl (C=O) groups is 1. The van der Waals surface area contributed by atoms with Crippen LogP contribution in [-0.2, 0) is 9.53 Å². The van der Waals surface area contributed by atoms with Crippen LogP contribution in [0.2, 0.25) is 0 Å². The highest BCUT2D eigenvalue weighted by Gasteiger charge is 2.35. The Hall–Kier alpha value is -0.570. The molecule has 1 fully saturated rings. The van der Waals surface area contributed by atoms with Crippen LogP contribution in [0.4, 0.5) is 0 Å². The van der Waals surface area contributed by atoms with Crippen LogP contribution in [0.15, 0.2) is 0 Å². The molecule has 0 saturated carbocycles. The first kappa shape index (κ1) is 9.52. The van der Waals surface area contributed by atoms with Gasteiger partial charge in [-0.05, 0) is 26.4 Å². The second-order valence-corrected chi connectivity index (χ2v) is 3.29. The second-order valence-electron chi connectivity index (χ2n) is 3.29. The average molecular weight is 171 g/mol. The van der Waals surface area contributed by atoms with Gasteiger partial charge in [0.15, 0.2) is 0 Å². The van der Waals surface area contributed by atoms with Crippen molar-refractivity contribution in [1.82, 2.24) is 4.90 Å². The van der Waals surface area contributed by atoms with E-state index in [1.807, 2.05) is 0 Å². The number of nitrogens with zero attached hydrogens (tertiary/aromatic N) is 1. The zero-order valence-corrected chi connectivity index (χ0v) is 8.04. The van der Waals surface area contributed by atoms with Gasteiger partial charge in [-0.15, -0.1) is 0 Å². The summed E-state index contributed by atoms with van der Waals surface area (Å²) in [5, 5.41) is 0. The summed E-state index contributed by atoms with van der Waals surface area (Å²) in [5.74, 6) is 0.0356. The predicted octanol–water partition coefficient (Wildman–Crippen LogP) is 0.890. The highest BCUT2D eigenvalue weighted by Crippen LogP contribution is 2.24. The number of ether oxygens (including phenoxy) is 1. The van der Waals surface area contributed by atoms with Gasteiger partial charge in [0.1, 0.15) is 0 Å². The molecule has 0 spiro atoms. The zero-order chi connectivity index (χ0) is 9.14. The molecule has 0 aromatic carbocycles. The summed E-state index contributed by atoms with van der Waals surface area (Å²) in [5.41, 5.74) is 0. The largest absolute Gasteiger partial charge is 0.469 e. The van der Waals surface area contributed by atoms with E-state index in [0.29, 0.717) is 6.04 Å². The minimum atomic E-state index is -0.0570. The zero-order valence-electron chi connectivity index (χ0n) is 8.04. The number of rotatable bonds is 2. The minimum Gasteiger partial charge on any atom is -0.469 e. The van der Waals surface area contributed by atoms with Gasteiger partial charge in [0, 0.05) is 6.04 Å². The lowest BCUT2D eigenvalue weighted by atomic mass is 10.0. The fraction of sp³-hybridized carbons (Fsp3) is 0.889. The maximum atomic E-state index is 11.2. The van der Waals surface area contributed by atoms with Crippen molar-refractivity contribution >= 4 is 5.97 Å². The minimum absolute atomic E-state index is 0.0570. The normalized spacial score (nSPS) is 30.6. The molecule has 2 unspecified atom stereocenters. The van der Waals surface area contributed by atoms with Crippen LogP contribution in [-0.4, -0.2) is 37.1 Å². The van der Waals surface area contributed by atoms with Gasteiger partial charge in [0.25, 0.3) is 0 Å². The van der Waals surface area contributed by atoms with E-state index in [1.54, 1.807) is 0 Å². The Morgan fingerprint density at radius 3 is 2.75 bits per heavy atom. The van der Waals surface area contributed by atoms with Crippen molar-refractivity contribution in [2.75, 3.05) is 20.2 Å². The highest BCUT2D eigenvalue weighted by molar-refractivity contribution is 5.73. The van der Waals surface area contributed by atoms with Crippen molar-refractivity contribution in [3.63, 3.8) is 0 Å². The Morgan fingerprint density at radius 1 is 1.67 bits per heavy atom. The summed E-state index contributed by atoms with van der Waals surface area (Å²) < 4.78 is 4.73. The number of likely N-dealkylation sites (tertiary alicyclic amines) is 1. The molecular formula is C9H17NO2. The lowest BCUT2D eigenvalue weighted by Crippen LogP contribution is -2.33. The Morgan fingerprint density at radius 2 is 2.33 bits per heavy atom. The van der Waals surface area contributed by atoms with Gasteiger partial charge in [-0.2, -0.15) is 0 Å². The SMILES string of the molecule is CCN1CCC(C(=O)OC)C1C. The first-order chi connectivity index (χ1) is 5.70. The molecule has 70 valence electrons. The molecule has 1 rings (SSSR count). The number of hydrogen-bond acceptors (Lipinski definition) is 3. The third-order valence-electron chi connectivity index (χ3n) is 2.80. The Labute approximate surface area is 73.7 Å². The lowest BCUT2D eigenvalue weighted by Gasteiger charge is -2.21. The molecule has 3 nitrogen and oxygen atoms in total. The van der Waals surface area contributed by atoms with Crippen LogP contribution >= 0.6 is 0 Å². The molecule has 1 aliphatic rings. The first-order valence-electron chi connectivity index (χ1n) is 4.52. The van der Waals surface area contributed by atoms with Gasteiger partial charge < -0.3 is 9.64 Å². The molecule has 0 aliphatic carbocycles. The summed E-state index contributed by atoms with van der Waals surface area (Å²) in [4.78, 5) is 13.5. The van der Waals surface area contributed by atoms with E-state index >= 15 is 0 Å². The Kier molecular flexibility index (Phi) is 3.09. The highest BCUT2D eigenvalue weighted by atomic mass is 16.5. The second kappa shape index (κ2) is 3.90. The number of carbonyl (C=O) groups excluding carboxylic acids is 1.